The number of sulfonamides is 4. The zero-order valence-electron chi connectivity index (χ0n) is 73.1. The van der Waals surface area contributed by atoms with Gasteiger partial charge in [0.1, 0.15) is 0 Å². The first-order chi connectivity index (χ1) is 62.3. The standard InChI is InChI=1S/C30H31N7O3S.C23H25N7O3S.C11H15N3O4S.C11H17N3O2S.C6H4ClNO4S.C5H12N2/c1-34-14-16-37(17-15-34)41(39,40)26-11-9-25(10-12-26)32-29-30(38)35(2)28-18-23(8-13-27(28)33-29)24-19-31-36(21-24)20-22-6-4-3-5-7-22;1-28-9-11-30(12-10-28)34(32,33)19-6-4-18(5-7-19)26-22-23(31)29(2)21-13-16(3-8-20(21)27-22)17-14-24-25-15-17;1-12-6-8-13(9-7-12)19(17,18)11-4-2-10(3-5-11)14(15)16;1-13-6-8-14(9-7-13)17(15,16)11-4-2-10(12)3-5-11;7-13(11,12)6-3-1-5(2-4-6)8(9)10;1-7-4-2-6-3-5-7/h3-13,18-19,21H,14-17,20H2,1-2H3,(H,32,33);3-8,13-15H,9-12H2,1-2H3,(H,24,25)(H,26,27);2-5H,6-9H2,1H3;2-5H,6-9,12H2,1H3;1-4H;6H,2-5H2,1H3. The summed E-state index contributed by atoms with van der Waals surface area (Å²) in [6.07, 6.45) is 7.31. The molecule has 4 aromatic heterocycles. The Bertz CT molecular complexity index is 6680. The SMILES string of the molecule is CN1CCN(S(=O)(=O)c2ccc(N)cc2)CC1.CN1CCN(S(=O)(=O)c2ccc(Nc3nc4ccc(-c5cn[nH]c5)cc4n(C)c3=O)cc2)CC1.CN1CCN(S(=O)(=O)c2ccc(Nc3nc4ccc(-c5cnn(Cc6ccccc6)c5)cc4n(C)c3=O)cc2)CC1.CN1CCN(S(=O)(=O)c2ccc([N+](=O)[O-])cc2)CC1.CN1CCNCC1.O=[N+]([O-])c1ccc(S(=O)(=O)Cl)cc1. The van der Waals surface area contributed by atoms with Crippen LogP contribution in [0.15, 0.2) is 247 Å². The van der Waals surface area contributed by atoms with Crippen molar-refractivity contribution in [3.8, 4) is 22.3 Å². The first-order valence-corrected chi connectivity index (χ1v) is 49.6. The number of aromatic nitrogens is 8. The molecule has 0 saturated carbocycles. The van der Waals surface area contributed by atoms with Crippen molar-refractivity contribution < 1.29 is 51.9 Å². The highest BCUT2D eigenvalue weighted by Crippen LogP contribution is 2.30. The van der Waals surface area contributed by atoms with E-state index in [2.05, 4.69) is 84.9 Å². The predicted octanol–water partition coefficient (Wildman–Crippen LogP) is 7.31. The van der Waals surface area contributed by atoms with Gasteiger partial charge in [0.05, 0.1) is 75.3 Å². The van der Waals surface area contributed by atoms with Crippen molar-refractivity contribution in [1.82, 2.24) is 86.1 Å². The van der Waals surface area contributed by atoms with E-state index in [1.54, 1.807) is 108 Å². The van der Waals surface area contributed by atoms with Crippen LogP contribution in [0, 0.1) is 20.2 Å². The summed E-state index contributed by atoms with van der Waals surface area (Å²) in [5, 5.41) is 41.4. The monoisotopic (exact) mass is 1910 g/mol. The zero-order valence-corrected chi connectivity index (χ0v) is 78.0. The molecule has 5 saturated heterocycles. The minimum absolute atomic E-state index is 0.0997. The number of benzene rings is 8. The Hall–Kier alpha value is -11.7. The molecule has 45 heteroatoms. The van der Waals surface area contributed by atoms with Crippen LogP contribution in [0.2, 0.25) is 0 Å². The van der Waals surface area contributed by atoms with Gasteiger partial charge in [-0.05, 0) is 173 Å². The number of nitrogens with one attached hydrogen (secondary N) is 4. The van der Waals surface area contributed by atoms with Crippen LogP contribution < -0.4 is 32.8 Å². The summed E-state index contributed by atoms with van der Waals surface area (Å²) in [6.45, 7) is 15.0. The highest BCUT2D eigenvalue weighted by molar-refractivity contribution is 8.13. The number of rotatable bonds is 19. The molecule has 0 unspecified atom stereocenters. The molecule has 39 nitrogen and oxygen atoms in total. The van der Waals surface area contributed by atoms with Gasteiger partial charge in [0, 0.05) is 221 Å². The van der Waals surface area contributed by atoms with E-state index in [0.29, 0.717) is 142 Å². The normalized spacial score (nSPS) is 16.3. The Labute approximate surface area is 764 Å². The quantitative estimate of drug-likeness (QED) is 0.0229. The van der Waals surface area contributed by atoms with E-state index >= 15 is 0 Å². The highest BCUT2D eigenvalue weighted by Gasteiger charge is 2.32. The molecule has 131 heavy (non-hydrogen) atoms. The summed E-state index contributed by atoms with van der Waals surface area (Å²) in [5.74, 6) is 0.332. The Morgan fingerprint density at radius 3 is 1.09 bits per heavy atom. The Morgan fingerprint density at radius 2 is 0.756 bits per heavy atom. The molecule has 6 N–H and O–H groups in total. The first kappa shape index (κ1) is 98.3. The van der Waals surface area contributed by atoms with Gasteiger partial charge in [0.25, 0.3) is 31.5 Å². The number of aromatic amines is 1. The van der Waals surface area contributed by atoms with Crippen LogP contribution >= 0.6 is 10.7 Å². The van der Waals surface area contributed by atoms with Crippen molar-refractivity contribution >= 4 is 122 Å². The lowest BCUT2D eigenvalue weighted by atomic mass is 10.1. The number of nitrogens with zero attached hydrogens (tertiary/aromatic N) is 18. The fourth-order valence-corrected chi connectivity index (χ4v) is 20.7. The molecular formula is C86H104ClN23O16S5. The van der Waals surface area contributed by atoms with Gasteiger partial charge in [-0.2, -0.15) is 27.4 Å². The average Bonchev–Trinajstić information content (AvgIpc) is 1.70. The molecule has 8 aromatic carbocycles. The van der Waals surface area contributed by atoms with E-state index < -0.39 is 59.0 Å². The maximum Gasteiger partial charge on any atom is 0.293 e. The van der Waals surface area contributed by atoms with Gasteiger partial charge in [0.2, 0.25) is 40.1 Å². The summed E-state index contributed by atoms with van der Waals surface area (Å²) in [4.78, 5) is 66.3. The number of nitrogen functional groups attached to an aromatic ring is 1. The molecule has 12 aromatic rings. The van der Waals surface area contributed by atoms with Crippen molar-refractivity contribution in [2.45, 2.75) is 31.0 Å². The van der Waals surface area contributed by atoms with Crippen LogP contribution in [0.5, 0.6) is 0 Å². The van der Waals surface area contributed by atoms with Crippen molar-refractivity contribution in [3.05, 3.63) is 259 Å². The number of nitro benzene ring substituents is 2. The number of hydrogen-bond donors (Lipinski definition) is 5. The smallest absolute Gasteiger partial charge is 0.293 e. The lowest BCUT2D eigenvalue weighted by molar-refractivity contribution is -0.385. The van der Waals surface area contributed by atoms with Crippen LogP contribution in [-0.4, -0.2) is 299 Å². The maximum absolute atomic E-state index is 13.2. The number of piperazine rings is 5. The Balaban J connectivity index is 0.000000154. The van der Waals surface area contributed by atoms with Gasteiger partial charge in [-0.25, -0.2) is 52.1 Å². The molecule has 0 aliphatic carbocycles. The number of non-ortho nitro benzene ring substituents is 2. The summed E-state index contributed by atoms with van der Waals surface area (Å²) in [6, 6.07) is 50.1. The van der Waals surface area contributed by atoms with Crippen LogP contribution in [0.4, 0.5) is 40.1 Å². The molecular weight excluding hydrogens is 1810 g/mol. The number of aryl methyl sites for hydroxylation is 2. The average molecular weight is 1910 g/mol. The second kappa shape index (κ2) is 43.6. The number of H-pyrrole nitrogens is 1. The molecule has 9 heterocycles. The number of nitrogens with two attached hydrogens (primary N) is 1. The van der Waals surface area contributed by atoms with E-state index in [9.17, 15) is 71.9 Å². The molecule has 696 valence electrons. The van der Waals surface area contributed by atoms with E-state index in [4.69, 9.17) is 16.4 Å². The molecule has 17 rings (SSSR count). The number of hydrogen-bond acceptors (Lipinski definition) is 29. The van der Waals surface area contributed by atoms with Crippen LogP contribution in [0.25, 0.3) is 44.3 Å². The third-order valence-electron chi connectivity index (χ3n) is 22.4. The number of anilines is 5. The third kappa shape index (κ3) is 25.5. The van der Waals surface area contributed by atoms with E-state index in [1.807, 2.05) is 99.9 Å². The molecule has 0 bridgehead atoms. The van der Waals surface area contributed by atoms with E-state index in [1.165, 1.54) is 60.1 Å². The third-order valence-corrected chi connectivity index (χ3v) is 31.4. The maximum atomic E-state index is 13.2. The summed E-state index contributed by atoms with van der Waals surface area (Å²) in [7, 11) is 0.644. The molecule has 0 atom stereocenters. The van der Waals surface area contributed by atoms with Gasteiger partial charge in [-0.3, -0.25) is 39.6 Å². The lowest BCUT2D eigenvalue weighted by Gasteiger charge is -2.31. The second-order valence-electron chi connectivity index (χ2n) is 31.6. The van der Waals surface area contributed by atoms with Crippen molar-refractivity contribution in [1.29, 1.82) is 0 Å². The topological polar surface area (TPSA) is 465 Å². The van der Waals surface area contributed by atoms with Crippen molar-refractivity contribution in [2.75, 3.05) is 183 Å². The fraction of sp³-hybridized carbons (Fsp3) is 0.326. The molecule has 0 spiro atoms. The summed E-state index contributed by atoms with van der Waals surface area (Å²) in [5.41, 5.74) is 14.0. The van der Waals surface area contributed by atoms with Crippen molar-refractivity contribution in [2.24, 2.45) is 14.1 Å². The molecule has 0 radical (unpaired) electrons. The van der Waals surface area contributed by atoms with Gasteiger partial charge in [0.15, 0.2) is 11.6 Å². The second-order valence-corrected chi connectivity index (χ2v) is 42.0. The minimum atomic E-state index is -3.80. The fourth-order valence-electron chi connectivity index (χ4n) is 14.2. The first-order valence-electron chi connectivity index (χ1n) is 41.6. The molecule has 5 aliphatic heterocycles. The minimum Gasteiger partial charge on any atom is -0.399 e. The van der Waals surface area contributed by atoms with Crippen LogP contribution in [-0.2, 0) is 69.8 Å². The lowest BCUT2D eigenvalue weighted by Crippen LogP contribution is -2.46. The summed E-state index contributed by atoms with van der Waals surface area (Å²) < 4.78 is 133. The van der Waals surface area contributed by atoms with E-state index in [0.717, 1.165) is 72.7 Å². The molecule has 5 fully saturated rings. The van der Waals surface area contributed by atoms with Crippen LogP contribution in [0.3, 0.4) is 0 Å². The zero-order chi connectivity index (χ0) is 94.1. The number of halogens is 1. The highest BCUT2D eigenvalue weighted by atomic mass is 35.7. The van der Waals surface area contributed by atoms with Gasteiger partial charge < -0.3 is 55.3 Å². The van der Waals surface area contributed by atoms with Crippen LogP contribution in [0.1, 0.15) is 5.56 Å². The molecule has 5 aliphatic rings. The molecule has 0 amide bonds. The van der Waals surface area contributed by atoms with Gasteiger partial charge in [-0.15, -0.1) is 0 Å². The van der Waals surface area contributed by atoms with Gasteiger partial charge in [-0.1, -0.05) is 42.5 Å². The number of likely N-dealkylation sites (N-methyl/N-ethyl adjacent to an activating group) is 5. The Morgan fingerprint density at radius 1 is 0.412 bits per heavy atom. The number of fused-ring (bicyclic) bond motifs is 2. The van der Waals surface area contributed by atoms with Crippen molar-refractivity contribution in [3.63, 3.8) is 0 Å². The number of nitro groups is 2. The predicted molar refractivity (Wildman–Crippen MR) is 503 cm³/mol. The largest absolute Gasteiger partial charge is 0.399 e. The van der Waals surface area contributed by atoms with E-state index in [-0.39, 0.29) is 53.7 Å². The summed E-state index contributed by atoms with van der Waals surface area (Å²) >= 11 is 0. The Kier molecular flexibility index (Phi) is 32.7. The van der Waals surface area contributed by atoms with Gasteiger partial charge >= 0.3 is 0 Å².